The van der Waals surface area contributed by atoms with E-state index in [2.05, 4.69) is 20.2 Å². The molecule has 7 nitrogen and oxygen atoms in total. The summed E-state index contributed by atoms with van der Waals surface area (Å²) in [5, 5.41) is 2.36. The second-order valence-corrected chi connectivity index (χ2v) is 8.14. The largest absolute Gasteiger partial charge is 0.378 e. The number of benzene rings is 2. The number of nitrogens with one attached hydrogen (secondary N) is 1. The Labute approximate surface area is 203 Å². The van der Waals surface area contributed by atoms with E-state index in [0.717, 1.165) is 23.9 Å². The number of carbonyl (C=O) groups is 2. The summed E-state index contributed by atoms with van der Waals surface area (Å²) in [6.45, 7) is 2.54. The fraction of sp³-hybridized carbons (Fsp3) is 0.154. The summed E-state index contributed by atoms with van der Waals surface area (Å²) < 4.78 is 47.8. The fourth-order valence-electron chi connectivity index (χ4n) is 3.91. The molecule has 0 saturated carbocycles. The molecular weight excluding hydrogens is 473 g/mol. The number of ketones is 1. The van der Waals surface area contributed by atoms with Crippen LogP contribution < -0.4 is 10.2 Å². The van der Waals surface area contributed by atoms with Crippen LogP contribution in [0.15, 0.2) is 60.8 Å². The number of hydrogen-bond acceptors (Lipinski definition) is 6. The molecule has 1 aliphatic rings. The quantitative estimate of drug-likeness (QED) is 0.417. The van der Waals surface area contributed by atoms with Gasteiger partial charge in [-0.15, -0.1) is 0 Å². The van der Waals surface area contributed by atoms with Crippen molar-refractivity contribution in [1.82, 2.24) is 9.97 Å². The molecule has 0 bridgehead atoms. The Hall–Kier alpha value is -4.31. The highest BCUT2D eigenvalue weighted by atomic mass is 19.2. The first kappa shape index (κ1) is 23.4. The second kappa shape index (κ2) is 9.74. The maximum Gasteiger partial charge on any atom is 0.255 e. The van der Waals surface area contributed by atoms with Crippen LogP contribution in [-0.4, -0.2) is 48.0 Å². The van der Waals surface area contributed by atoms with Gasteiger partial charge in [0.2, 0.25) is 5.78 Å². The van der Waals surface area contributed by atoms with Gasteiger partial charge in [0, 0.05) is 30.4 Å². The van der Waals surface area contributed by atoms with Crippen LogP contribution in [0.1, 0.15) is 26.4 Å². The van der Waals surface area contributed by atoms with Crippen molar-refractivity contribution in [3.8, 4) is 0 Å². The Kier molecular flexibility index (Phi) is 6.34. The number of nitrogens with zero attached hydrogens (tertiary/aromatic N) is 3. The highest BCUT2D eigenvalue weighted by Crippen LogP contribution is 2.24. The molecule has 36 heavy (non-hydrogen) atoms. The summed E-state index contributed by atoms with van der Waals surface area (Å²) >= 11 is 0. The standard InChI is InChI=1S/C26H19F3N4O3/c27-16-3-1-2-15(10-16)26(35)31-17-11-19(24(29)20(28)12-17)25(34)22-5-4-21-23(32-22)13-18(14-30-21)33-6-8-36-9-7-33/h1-5,10-14H,6-9H2,(H,31,35). The zero-order valence-electron chi connectivity index (χ0n) is 18.8. The van der Waals surface area contributed by atoms with E-state index in [4.69, 9.17) is 4.74 Å². The molecule has 182 valence electrons. The van der Waals surface area contributed by atoms with Crippen molar-refractivity contribution < 1.29 is 27.5 Å². The van der Waals surface area contributed by atoms with Crippen molar-refractivity contribution in [2.75, 3.05) is 36.5 Å². The van der Waals surface area contributed by atoms with Crippen molar-refractivity contribution in [3.05, 3.63) is 95.1 Å². The zero-order valence-corrected chi connectivity index (χ0v) is 18.8. The normalized spacial score (nSPS) is 13.6. The molecule has 1 amide bonds. The number of pyridine rings is 2. The second-order valence-electron chi connectivity index (χ2n) is 8.14. The maximum atomic E-state index is 14.6. The number of rotatable bonds is 5. The van der Waals surface area contributed by atoms with Crippen molar-refractivity contribution in [2.45, 2.75) is 0 Å². The fourth-order valence-corrected chi connectivity index (χ4v) is 3.91. The Balaban J connectivity index is 1.45. The Morgan fingerprint density at radius 3 is 2.53 bits per heavy atom. The average molecular weight is 492 g/mol. The lowest BCUT2D eigenvalue weighted by Gasteiger charge is -2.28. The number of morpholine rings is 1. The average Bonchev–Trinajstić information content (AvgIpc) is 2.90. The number of amides is 1. The minimum Gasteiger partial charge on any atom is -0.378 e. The lowest BCUT2D eigenvalue weighted by molar-refractivity contribution is 0.101. The molecule has 0 unspecified atom stereocenters. The van der Waals surface area contributed by atoms with Crippen LogP contribution >= 0.6 is 0 Å². The molecule has 0 spiro atoms. The van der Waals surface area contributed by atoms with E-state index in [-0.39, 0.29) is 16.9 Å². The Morgan fingerprint density at radius 1 is 0.944 bits per heavy atom. The number of hydrogen-bond donors (Lipinski definition) is 1. The van der Waals surface area contributed by atoms with Crippen molar-refractivity contribution in [1.29, 1.82) is 0 Å². The minimum atomic E-state index is -1.37. The van der Waals surface area contributed by atoms with Crippen LogP contribution in [0.5, 0.6) is 0 Å². The van der Waals surface area contributed by atoms with E-state index in [9.17, 15) is 22.8 Å². The summed E-state index contributed by atoms with van der Waals surface area (Å²) in [6.07, 6.45) is 1.70. The molecule has 10 heteroatoms. The third-order valence-corrected chi connectivity index (χ3v) is 5.75. The lowest BCUT2D eigenvalue weighted by atomic mass is 10.0. The van der Waals surface area contributed by atoms with Gasteiger partial charge < -0.3 is 15.0 Å². The van der Waals surface area contributed by atoms with Crippen molar-refractivity contribution >= 4 is 34.1 Å². The van der Waals surface area contributed by atoms with Gasteiger partial charge in [-0.25, -0.2) is 18.2 Å². The first-order chi connectivity index (χ1) is 17.4. The number of aromatic nitrogens is 2. The molecular formula is C26H19F3N4O3. The van der Waals surface area contributed by atoms with Gasteiger partial charge in [-0.2, -0.15) is 0 Å². The minimum absolute atomic E-state index is 0.0209. The number of ether oxygens (including phenoxy) is 1. The summed E-state index contributed by atoms with van der Waals surface area (Å²) in [7, 11) is 0. The Morgan fingerprint density at radius 2 is 1.75 bits per heavy atom. The molecule has 4 aromatic rings. The molecule has 5 rings (SSSR count). The molecule has 1 fully saturated rings. The molecule has 2 aromatic heterocycles. The SMILES string of the molecule is O=C(Nc1cc(F)c(F)c(C(=O)c2ccc3ncc(N4CCOCC4)cc3n2)c1)c1cccc(F)c1. The smallest absolute Gasteiger partial charge is 0.255 e. The van der Waals surface area contributed by atoms with Crippen LogP contribution in [0.3, 0.4) is 0 Å². The Bertz CT molecular complexity index is 1490. The van der Waals surface area contributed by atoms with E-state index in [0.29, 0.717) is 37.3 Å². The van der Waals surface area contributed by atoms with Gasteiger partial charge in [0.05, 0.1) is 41.7 Å². The number of fused-ring (bicyclic) bond motifs is 1. The van der Waals surface area contributed by atoms with Crippen LogP contribution in [-0.2, 0) is 4.74 Å². The van der Waals surface area contributed by atoms with Crippen molar-refractivity contribution in [2.24, 2.45) is 0 Å². The zero-order chi connectivity index (χ0) is 25.2. The molecule has 1 N–H and O–H groups in total. The van der Waals surface area contributed by atoms with Crippen molar-refractivity contribution in [3.63, 3.8) is 0 Å². The van der Waals surface area contributed by atoms with E-state index in [1.165, 1.54) is 24.3 Å². The van der Waals surface area contributed by atoms with E-state index in [1.54, 1.807) is 18.3 Å². The molecule has 0 aliphatic carbocycles. The number of halogens is 3. The van der Waals surface area contributed by atoms with Gasteiger partial charge in [0.15, 0.2) is 11.6 Å². The lowest BCUT2D eigenvalue weighted by Crippen LogP contribution is -2.36. The summed E-state index contributed by atoms with van der Waals surface area (Å²) in [4.78, 5) is 36.3. The van der Waals surface area contributed by atoms with E-state index in [1.807, 2.05) is 0 Å². The van der Waals surface area contributed by atoms with E-state index >= 15 is 0 Å². The third-order valence-electron chi connectivity index (χ3n) is 5.75. The first-order valence-electron chi connectivity index (χ1n) is 11.1. The third kappa shape index (κ3) is 4.76. The molecule has 1 saturated heterocycles. The molecule has 0 atom stereocenters. The van der Waals surface area contributed by atoms with Crippen LogP contribution in [0.4, 0.5) is 24.5 Å². The molecule has 1 aliphatic heterocycles. The molecule has 3 heterocycles. The highest BCUT2D eigenvalue weighted by molar-refractivity contribution is 6.10. The van der Waals surface area contributed by atoms with Gasteiger partial charge in [-0.05, 0) is 42.5 Å². The topological polar surface area (TPSA) is 84.4 Å². The first-order valence-corrected chi connectivity index (χ1v) is 11.1. The summed E-state index contributed by atoms with van der Waals surface area (Å²) in [6, 6.07) is 11.4. The van der Waals surface area contributed by atoms with Gasteiger partial charge in [0.1, 0.15) is 11.5 Å². The van der Waals surface area contributed by atoms with Crippen LogP contribution in [0.2, 0.25) is 0 Å². The van der Waals surface area contributed by atoms with Gasteiger partial charge in [0.25, 0.3) is 5.91 Å². The van der Waals surface area contributed by atoms with Crippen LogP contribution in [0.25, 0.3) is 11.0 Å². The summed E-state index contributed by atoms with van der Waals surface area (Å²) in [5.74, 6) is -4.94. The predicted molar refractivity (Wildman–Crippen MR) is 127 cm³/mol. The number of carbonyl (C=O) groups excluding carboxylic acids is 2. The molecule has 2 aromatic carbocycles. The predicted octanol–water partition coefficient (Wildman–Crippen LogP) is 4.37. The number of anilines is 2. The maximum absolute atomic E-state index is 14.6. The highest BCUT2D eigenvalue weighted by Gasteiger charge is 2.22. The summed E-state index contributed by atoms with van der Waals surface area (Å²) in [5.41, 5.74) is 0.856. The monoisotopic (exact) mass is 492 g/mol. The molecule has 0 radical (unpaired) electrons. The van der Waals surface area contributed by atoms with Gasteiger partial charge in [-0.3, -0.25) is 14.6 Å². The van der Waals surface area contributed by atoms with Gasteiger partial charge in [-0.1, -0.05) is 6.07 Å². The van der Waals surface area contributed by atoms with E-state index < -0.39 is 34.7 Å². The van der Waals surface area contributed by atoms with Gasteiger partial charge >= 0.3 is 0 Å². The van der Waals surface area contributed by atoms with Crippen LogP contribution in [0, 0.1) is 17.5 Å².